The quantitative estimate of drug-likeness (QED) is 0.811. The number of rotatable bonds is 4. The number of aliphatic carboxylic acids is 1. The van der Waals surface area contributed by atoms with Crippen molar-refractivity contribution in [1.82, 2.24) is 15.1 Å². The number of urea groups is 1. The molecule has 2 aliphatic heterocycles. The summed E-state index contributed by atoms with van der Waals surface area (Å²) in [4.78, 5) is 27.1. The fourth-order valence-corrected chi connectivity index (χ4v) is 3.04. The van der Waals surface area contributed by atoms with Crippen LogP contribution in [0, 0.1) is 0 Å². The van der Waals surface area contributed by atoms with Crippen LogP contribution in [0.3, 0.4) is 0 Å². The Labute approximate surface area is 120 Å². The summed E-state index contributed by atoms with van der Waals surface area (Å²) in [5, 5.41) is 12.0. The Hall–Kier alpha value is -1.30. The minimum absolute atomic E-state index is 0.228. The van der Waals surface area contributed by atoms with E-state index in [2.05, 4.69) is 10.2 Å². The lowest BCUT2D eigenvalue weighted by atomic mass is 10.0. The summed E-state index contributed by atoms with van der Waals surface area (Å²) in [5.74, 6) is -0.893. The number of likely N-dealkylation sites (tertiary alicyclic amines) is 2. The first-order valence-electron chi connectivity index (χ1n) is 7.68. The van der Waals surface area contributed by atoms with E-state index >= 15 is 0 Å². The summed E-state index contributed by atoms with van der Waals surface area (Å²) < 4.78 is 0. The molecule has 2 aliphatic rings. The summed E-state index contributed by atoms with van der Waals surface area (Å²) in [5.41, 5.74) is 0. The van der Waals surface area contributed by atoms with Gasteiger partial charge in [0.15, 0.2) is 0 Å². The van der Waals surface area contributed by atoms with E-state index in [0.29, 0.717) is 19.5 Å². The number of piperidine rings is 2. The molecule has 2 saturated heterocycles. The van der Waals surface area contributed by atoms with Crippen molar-refractivity contribution in [1.29, 1.82) is 0 Å². The SMILES string of the molecule is O=C(O)C1CCCCN1C(=O)NCCN1CCCCC1. The molecule has 1 atom stereocenters. The smallest absolute Gasteiger partial charge is 0.326 e. The molecule has 0 bridgehead atoms. The molecular formula is C14H25N3O3. The van der Waals surface area contributed by atoms with Crippen LogP contribution in [0.1, 0.15) is 38.5 Å². The third-order valence-corrected chi connectivity index (χ3v) is 4.20. The molecule has 0 aromatic rings. The predicted molar refractivity (Wildman–Crippen MR) is 75.7 cm³/mol. The Morgan fingerprint density at radius 2 is 1.75 bits per heavy atom. The number of carbonyl (C=O) groups is 2. The van der Waals surface area contributed by atoms with Crippen molar-refractivity contribution in [2.24, 2.45) is 0 Å². The lowest BCUT2D eigenvalue weighted by molar-refractivity contribution is -0.143. The number of hydrogen-bond acceptors (Lipinski definition) is 3. The number of amides is 2. The first-order valence-corrected chi connectivity index (χ1v) is 7.68. The highest BCUT2D eigenvalue weighted by atomic mass is 16.4. The fourth-order valence-electron chi connectivity index (χ4n) is 3.04. The molecule has 0 radical (unpaired) electrons. The van der Waals surface area contributed by atoms with Crippen LogP contribution in [0.15, 0.2) is 0 Å². The van der Waals surface area contributed by atoms with Gasteiger partial charge in [0.1, 0.15) is 6.04 Å². The molecular weight excluding hydrogens is 258 g/mol. The van der Waals surface area contributed by atoms with E-state index in [1.54, 1.807) is 0 Å². The van der Waals surface area contributed by atoms with Crippen molar-refractivity contribution < 1.29 is 14.7 Å². The van der Waals surface area contributed by atoms with Crippen molar-refractivity contribution in [2.45, 2.75) is 44.6 Å². The fraction of sp³-hybridized carbons (Fsp3) is 0.857. The molecule has 2 rings (SSSR count). The van der Waals surface area contributed by atoms with E-state index in [0.717, 1.165) is 32.5 Å². The summed E-state index contributed by atoms with van der Waals surface area (Å²) in [6.45, 7) is 4.22. The van der Waals surface area contributed by atoms with Gasteiger partial charge in [-0.1, -0.05) is 6.42 Å². The zero-order valence-electron chi connectivity index (χ0n) is 12.0. The Kier molecular flexibility index (Phi) is 5.64. The van der Waals surface area contributed by atoms with Gasteiger partial charge >= 0.3 is 12.0 Å². The Balaban J connectivity index is 1.73. The maximum absolute atomic E-state index is 12.1. The maximum Gasteiger partial charge on any atom is 0.326 e. The number of carbonyl (C=O) groups excluding carboxylic acids is 1. The zero-order chi connectivity index (χ0) is 14.4. The molecule has 2 heterocycles. The predicted octanol–water partition coefficient (Wildman–Crippen LogP) is 1.12. The number of carboxylic acids is 1. The van der Waals surface area contributed by atoms with Gasteiger partial charge in [0.05, 0.1) is 0 Å². The maximum atomic E-state index is 12.1. The molecule has 0 saturated carbocycles. The van der Waals surface area contributed by atoms with Gasteiger partial charge in [-0.25, -0.2) is 9.59 Å². The highest BCUT2D eigenvalue weighted by molar-refractivity contribution is 5.82. The van der Waals surface area contributed by atoms with Crippen LogP contribution in [0.5, 0.6) is 0 Å². The van der Waals surface area contributed by atoms with Crippen LogP contribution in [-0.4, -0.2) is 65.7 Å². The molecule has 0 spiro atoms. The van der Waals surface area contributed by atoms with Gasteiger partial charge in [0.25, 0.3) is 0 Å². The van der Waals surface area contributed by atoms with Crippen molar-refractivity contribution in [3.05, 3.63) is 0 Å². The Morgan fingerprint density at radius 3 is 2.45 bits per heavy atom. The van der Waals surface area contributed by atoms with Crippen LogP contribution in [-0.2, 0) is 4.79 Å². The van der Waals surface area contributed by atoms with Gasteiger partial charge in [0, 0.05) is 19.6 Å². The molecule has 6 heteroatoms. The number of nitrogens with one attached hydrogen (secondary N) is 1. The Morgan fingerprint density at radius 1 is 1.05 bits per heavy atom. The number of nitrogens with zero attached hydrogens (tertiary/aromatic N) is 2. The van der Waals surface area contributed by atoms with E-state index in [1.807, 2.05) is 0 Å². The summed E-state index contributed by atoms with van der Waals surface area (Å²) in [7, 11) is 0. The van der Waals surface area contributed by atoms with Gasteiger partial charge < -0.3 is 20.2 Å². The first kappa shape index (κ1) is 15.1. The second-order valence-corrected chi connectivity index (χ2v) is 5.68. The number of carboxylic acid groups (broad SMARTS) is 1. The third-order valence-electron chi connectivity index (χ3n) is 4.20. The normalized spacial score (nSPS) is 24.4. The van der Waals surface area contributed by atoms with Crippen LogP contribution in [0.25, 0.3) is 0 Å². The standard InChI is InChI=1S/C14H25N3O3/c18-13(19)12-6-2-5-10-17(12)14(20)15-7-11-16-8-3-1-4-9-16/h12H,1-11H2,(H,15,20)(H,18,19). The average Bonchev–Trinajstić information content (AvgIpc) is 2.48. The third kappa shape index (κ3) is 4.10. The van der Waals surface area contributed by atoms with Crippen LogP contribution in [0.4, 0.5) is 4.79 Å². The van der Waals surface area contributed by atoms with E-state index in [1.165, 1.54) is 24.2 Å². The molecule has 0 aromatic heterocycles. The minimum atomic E-state index is -0.893. The second kappa shape index (κ2) is 7.47. The molecule has 6 nitrogen and oxygen atoms in total. The van der Waals surface area contributed by atoms with E-state index in [-0.39, 0.29) is 6.03 Å². The molecule has 0 aliphatic carbocycles. The zero-order valence-corrected chi connectivity index (χ0v) is 12.0. The molecule has 1 unspecified atom stereocenters. The lowest BCUT2D eigenvalue weighted by Gasteiger charge is -2.33. The summed E-state index contributed by atoms with van der Waals surface area (Å²) in [6, 6.07) is -0.882. The first-order chi connectivity index (χ1) is 9.68. The van der Waals surface area contributed by atoms with E-state index in [9.17, 15) is 9.59 Å². The molecule has 2 N–H and O–H groups in total. The van der Waals surface area contributed by atoms with Crippen molar-refractivity contribution >= 4 is 12.0 Å². The Bertz CT molecular complexity index is 343. The number of hydrogen-bond donors (Lipinski definition) is 2. The molecule has 0 aromatic carbocycles. The van der Waals surface area contributed by atoms with Gasteiger partial charge in [-0.05, 0) is 45.2 Å². The van der Waals surface area contributed by atoms with Gasteiger partial charge in [-0.15, -0.1) is 0 Å². The van der Waals surface area contributed by atoms with Crippen LogP contribution < -0.4 is 5.32 Å². The lowest BCUT2D eigenvalue weighted by Crippen LogP contribution is -2.52. The summed E-state index contributed by atoms with van der Waals surface area (Å²) >= 11 is 0. The minimum Gasteiger partial charge on any atom is -0.480 e. The second-order valence-electron chi connectivity index (χ2n) is 5.68. The molecule has 2 fully saturated rings. The van der Waals surface area contributed by atoms with Crippen LogP contribution in [0.2, 0.25) is 0 Å². The highest BCUT2D eigenvalue weighted by Crippen LogP contribution is 2.17. The average molecular weight is 283 g/mol. The van der Waals surface area contributed by atoms with Gasteiger partial charge in [0.2, 0.25) is 0 Å². The molecule has 114 valence electrons. The van der Waals surface area contributed by atoms with Gasteiger partial charge in [-0.2, -0.15) is 0 Å². The van der Waals surface area contributed by atoms with Crippen molar-refractivity contribution in [2.75, 3.05) is 32.7 Å². The van der Waals surface area contributed by atoms with Crippen molar-refractivity contribution in [3.63, 3.8) is 0 Å². The monoisotopic (exact) mass is 283 g/mol. The van der Waals surface area contributed by atoms with Gasteiger partial charge in [-0.3, -0.25) is 0 Å². The van der Waals surface area contributed by atoms with Crippen LogP contribution >= 0.6 is 0 Å². The summed E-state index contributed by atoms with van der Waals surface area (Å²) in [6.07, 6.45) is 6.12. The molecule has 2 amide bonds. The van der Waals surface area contributed by atoms with E-state index < -0.39 is 12.0 Å². The van der Waals surface area contributed by atoms with E-state index in [4.69, 9.17) is 5.11 Å². The van der Waals surface area contributed by atoms with Crippen molar-refractivity contribution in [3.8, 4) is 0 Å². The topological polar surface area (TPSA) is 72.9 Å². The largest absolute Gasteiger partial charge is 0.480 e. The highest BCUT2D eigenvalue weighted by Gasteiger charge is 2.31. The molecule has 20 heavy (non-hydrogen) atoms.